The van der Waals surface area contributed by atoms with Crippen LogP contribution in [0, 0.1) is 17.2 Å². The third-order valence-electron chi connectivity index (χ3n) is 4.87. The summed E-state index contributed by atoms with van der Waals surface area (Å²) in [4.78, 5) is 19.8. The summed E-state index contributed by atoms with van der Waals surface area (Å²) in [6, 6.07) is 7.33. The lowest BCUT2D eigenvalue weighted by atomic mass is 9.79. The highest BCUT2D eigenvalue weighted by atomic mass is 19.1. The lowest BCUT2D eigenvalue weighted by Gasteiger charge is -2.24. The van der Waals surface area contributed by atoms with Gasteiger partial charge in [0.25, 0.3) is 0 Å². The molecule has 126 valence electrons. The number of hydrogen-bond donors (Lipinski definition) is 2. The number of aromatic nitrogens is 2. The Hall–Kier alpha value is -2.34. The van der Waals surface area contributed by atoms with Gasteiger partial charge in [0.1, 0.15) is 0 Å². The second-order valence-electron chi connectivity index (χ2n) is 6.74. The van der Waals surface area contributed by atoms with E-state index in [0.717, 1.165) is 23.5 Å². The number of carboxylic acid groups (broad SMARTS) is 1. The van der Waals surface area contributed by atoms with Gasteiger partial charge in [-0.3, -0.25) is 4.79 Å². The van der Waals surface area contributed by atoms with Crippen molar-refractivity contribution in [3.63, 3.8) is 0 Å². The van der Waals surface area contributed by atoms with E-state index < -0.39 is 17.2 Å². The predicted octanol–water partition coefficient (Wildman–Crippen LogP) is 2.65. The average Bonchev–Trinajstić information content (AvgIpc) is 2.84. The molecule has 1 aliphatic carbocycles. The van der Waals surface area contributed by atoms with Gasteiger partial charge in [0.05, 0.1) is 17.8 Å². The summed E-state index contributed by atoms with van der Waals surface area (Å²) in [6.07, 6.45) is 3.69. The molecule has 1 aliphatic rings. The first-order chi connectivity index (χ1) is 11.4. The molecule has 1 heterocycles. The molecule has 0 amide bonds. The number of hydrogen-bond acceptors (Lipinski definition) is 4. The van der Waals surface area contributed by atoms with E-state index in [4.69, 9.17) is 5.73 Å². The molecule has 24 heavy (non-hydrogen) atoms. The Morgan fingerprint density at radius 2 is 2.08 bits per heavy atom. The van der Waals surface area contributed by atoms with Crippen molar-refractivity contribution in [3.8, 4) is 11.4 Å². The van der Waals surface area contributed by atoms with Crippen molar-refractivity contribution in [2.24, 2.45) is 17.1 Å². The highest BCUT2D eigenvalue weighted by Gasteiger charge is 2.47. The molecule has 6 heteroatoms. The second kappa shape index (κ2) is 6.28. The largest absolute Gasteiger partial charge is 0.481 e. The minimum absolute atomic E-state index is 0.0929. The van der Waals surface area contributed by atoms with Crippen molar-refractivity contribution in [1.29, 1.82) is 0 Å². The van der Waals surface area contributed by atoms with E-state index in [1.54, 1.807) is 0 Å². The van der Waals surface area contributed by atoms with Gasteiger partial charge in [0, 0.05) is 11.6 Å². The fourth-order valence-electron chi connectivity index (χ4n) is 3.57. The smallest absolute Gasteiger partial charge is 0.310 e. The van der Waals surface area contributed by atoms with E-state index in [1.165, 1.54) is 0 Å². The van der Waals surface area contributed by atoms with Crippen LogP contribution in [0.15, 0.2) is 36.7 Å². The van der Waals surface area contributed by atoms with Gasteiger partial charge in [-0.15, -0.1) is 0 Å². The van der Waals surface area contributed by atoms with Crippen LogP contribution in [0.1, 0.15) is 25.3 Å². The van der Waals surface area contributed by atoms with E-state index >= 15 is 0 Å². The molecule has 5 nitrogen and oxygen atoms in total. The van der Waals surface area contributed by atoms with Crippen LogP contribution in [0.4, 0.5) is 4.39 Å². The van der Waals surface area contributed by atoms with E-state index in [2.05, 4.69) is 9.97 Å². The summed E-state index contributed by atoms with van der Waals surface area (Å²) in [5.74, 6) is -0.691. The number of halogens is 1. The second-order valence-corrected chi connectivity index (χ2v) is 6.74. The first-order valence-electron chi connectivity index (χ1n) is 7.95. The third-order valence-corrected chi connectivity index (χ3v) is 4.87. The average molecular weight is 329 g/mol. The van der Waals surface area contributed by atoms with Gasteiger partial charge in [-0.2, -0.15) is 0 Å². The maximum Gasteiger partial charge on any atom is 0.310 e. The van der Waals surface area contributed by atoms with E-state index in [-0.39, 0.29) is 12.0 Å². The maximum absolute atomic E-state index is 13.0. The Balaban J connectivity index is 1.89. The van der Waals surface area contributed by atoms with Crippen LogP contribution in [0.5, 0.6) is 0 Å². The molecule has 3 N–H and O–H groups in total. The molecule has 3 rings (SSSR count). The summed E-state index contributed by atoms with van der Waals surface area (Å²) in [7, 11) is 0. The number of carbonyl (C=O) groups is 1. The van der Waals surface area contributed by atoms with Gasteiger partial charge in [-0.25, -0.2) is 14.4 Å². The monoisotopic (exact) mass is 329 g/mol. The first-order valence-corrected chi connectivity index (χ1v) is 7.95. The molecule has 0 aliphatic heterocycles. The van der Waals surface area contributed by atoms with Crippen molar-refractivity contribution in [2.75, 3.05) is 0 Å². The van der Waals surface area contributed by atoms with Crippen LogP contribution < -0.4 is 5.73 Å². The molecule has 0 radical (unpaired) electrons. The Bertz CT molecular complexity index is 738. The summed E-state index contributed by atoms with van der Waals surface area (Å²) in [6.45, 7) is 2.00. The fourth-order valence-corrected chi connectivity index (χ4v) is 3.57. The van der Waals surface area contributed by atoms with Crippen LogP contribution in [0.2, 0.25) is 0 Å². The Morgan fingerprint density at radius 1 is 1.38 bits per heavy atom. The maximum atomic E-state index is 13.0. The Kier molecular flexibility index (Phi) is 4.32. The van der Waals surface area contributed by atoms with Crippen LogP contribution in [0.3, 0.4) is 0 Å². The van der Waals surface area contributed by atoms with Gasteiger partial charge in [0.2, 0.25) is 0 Å². The zero-order valence-electron chi connectivity index (χ0n) is 13.4. The Morgan fingerprint density at radius 3 is 2.67 bits per heavy atom. The molecule has 0 unspecified atom stereocenters. The topological polar surface area (TPSA) is 89.1 Å². The van der Waals surface area contributed by atoms with Gasteiger partial charge < -0.3 is 10.8 Å². The molecular formula is C18H20FN3O2. The summed E-state index contributed by atoms with van der Waals surface area (Å²) >= 11 is 0. The fraction of sp³-hybridized carbons (Fsp3) is 0.389. The van der Waals surface area contributed by atoms with Crippen LogP contribution in [0.25, 0.3) is 11.4 Å². The van der Waals surface area contributed by atoms with E-state index in [0.29, 0.717) is 25.1 Å². The van der Waals surface area contributed by atoms with Gasteiger partial charge >= 0.3 is 5.97 Å². The van der Waals surface area contributed by atoms with Crippen molar-refractivity contribution in [1.82, 2.24) is 9.97 Å². The van der Waals surface area contributed by atoms with Crippen LogP contribution >= 0.6 is 0 Å². The van der Waals surface area contributed by atoms with Gasteiger partial charge in [-0.05, 0) is 36.8 Å². The molecule has 3 atom stereocenters. The molecule has 0 spiro atoms. The standard InChI is InChI=1S/C18H20FN3O2/c1-11-6-18(17(23)24,8-15(11)20)7-12-3-2-4-13(5-12)16-21-9-14(19)10-22-16/h2-5,9-11,15H,6-8,20H2,1H3,(H,23,24)/t11-,15-,18-/m1/s1. The Labute approximate surface area is 139 Å². The summed E-state index contributed by atoms with van der Waals surface area (Å²) < 4.78 is 13.0. The van der Waals surface area contributed by atoms with Crippen molar-refractivity contribution >= 4 is 5.97 Å². The molecule has 2 aromatic rings. The number of rotatable bonds is 4. The van der Waals surface area contributed by atoms with Crippen molar-refractivity contribution < 1.29 is 14.3 Å². The molecule has 1 aromatic carbocycles. The zero-order valence-corrected chi connectivity index (χ0v) is 13.4. The van der Waals surface area contributed by atoms with Crippen molar-refractivity contribution in [2.45, 2.75) is 32.2 Å². The number of nitrogens with two attached hydrogens (primary N) is 1. The van der Waals surface area contributed by atoms with Gasteiger partial charge in [0.15, 0.2) is 11.6 Å². The minimum atomic E-state index is -0.832. The summed E-state index contributed by atoms with van der Waals surface area (Å²) in [5.41, 5.74) is 6.86. The molecule has 1 fully saturated rings. The lowest BCUT2D eigenvalue weighted by molar-refractivity contribution is -0.148. The number of carboxylic acids is 1. The normalized spacial score (nSPS) is 26.5. The van der Waals surface area contributed by atoms with E-state index in [9.17, 15) is 14.3 Å². The third kappa shape index (κ3) is 3.14. The van der Waals surface area contributed by atoms with Crippen molar-refractivity contribution in [3.05, 3.63) is 48.0 Å². The van der Waals surface area contributed by atoms with Gasteiger partial charge in [-0.1, -0.05) is 25.1 Å². The lowest BCUT2D eigenvalue weighted by Crippen LogP contribution is -2.32. The zero-order chi connectivity index (χ0) is 17.3. The number of nitrogens with zero attached hydrogens (tertiary/aromatic N) is 2. The SMILES string of the molecule is C[C@@H]1C[C@](Cc2cccc(-c3ncc(F)cn3)c2)(C(=O)O)C[C@H]1N. The van der Waals surface area contributed by atoms with Crippen LogP contribution in [-0.4, -0.2) is 27.1 Å². The predicted molar refractivity (Wildman–Crippen MR) is 87.6 cm³/mol. The molecular weight excluding hydrogens is 309 g/mol. The van der Waals surface area contributed by atoms with E-state index in [1.807, 2.05) is 31.2 Å². The number of aliphatic carboxylic acids is 1. The summed E-state index contributed by atoms with van der Waals surface area (Å²) in [5, 5.41) is 9.76. The number of benzene rings is 1. The molecule has 1 aromatic heterocycles. The van der Waals surface area contributed by atoms with Crippen LogP contribution in [-0.2, 0) is 11.2 Å². The first kappa shape index (κ1) is 16.5. The minimum Gasteiger partial charge on any atom is -0.481 e. The highest BCUT2D eigenvalue weighted by molar-refractivity contribution is 5.76. The molecule has 1 saturated carbocycles. The quantitative estimate of drug-likeness (QED) is 0.900. The highest BCUT2D eigenvalue weighted by Crippen LogP contribution is 2.44. The molecule has 0 bridgehead atoms. The molecule has 0 saturated heterocycles.